The summed E-state index contributed by atoms with van der Waals surface area (Å²) in [5.74, 6) is 0.0677. The number of hydrogen-bond donors (Lipinski definition) is 0. The number of benzene rings is 2. The Kier molecular flexibility index (Phi) is 3.87. The van der Waals surface area contributed by atoms with Gasteiger partial charge < -0.3 is 0 Å². The molecule has 1 spiro atoms. The van der Waals surface area contributed by atoms with Gasteiger partial charge in [0.1, 0.15) is 0 Å². The molecule has 1 saturated carbocycles. The molecule has 3 nitrogen and oxygen atoms in total. The van der Waals surface area contributed by atoms with Crippen molar-refractivity contribution in [1.29, 1.82) is 0 Å². The predicted octanol–water partition coefficient (Wildman–Crippen LogP) is 4.24. The van der Waals surface area contributed by atoms with Crippen LogP contribution in [0.5, 0.6) is 0 Å². The largest absolute Gasteiger partial charge is 0.269 e. The minimum Gasteiger partial charge on any atom is -0.269 e. The quantitative estimate of drug-likeness (QED) is 0.837. The molecular formula is C20H23NO2S. The first kappa shape index (κ1) is 15.7. The van der Waals surface area contributed by atoms with E-state index >= 15 is 0 Å². The summed E-state index contributed by atoms with van der Waals surface area (Å²) in [4.78, 5) is 0. The molecule has 0 radical (unpaired) electrons. The Labute approximate surface area is 144 Å². The van der Waals surface area contributed by atoms with E-state index in [9.17, 15) is 8.42 Å². The maximum Gasteiger partial charge on any atom is 0.239 e. The molecule has 0 amide bonds. The molecule has 126 valence electrons. The molecule has 1 aliphatic heterocycles. The number of para-hydroxylation sites is 1. The Bertz CT molecular complexity index is 824. The van der Waals surface area contributed by atoms with Crippen LogP contribution in [-0.4, -0.2) is 15.0 Å². The first-order valence-electron chi connectivity index (χ1n) is 8.75. The van der Waals surface area contributed by atoms with E-state index in [4.69, 9.17) is 0 Å². The first-order chi connectivity index (χ1) is 11.6. The lowest BCUT2D eigenvalue weighted by molar-refractivity contribution is 0.315. The third-order valence-corrected chi connectivity index (χ3v) is 7.22. The van der Waals surface area contributed by atoms with E-state index in [2.05, 4.69) is 6.07 Å². The van der Waals surface area contributed by atoms with Gasteiger partial charge in [0.15, 0.2) is 0 Å². The molecule has 2 aliphatic rings. The van der Waals surface area contributed by atoms with E-state index in [1.54, 1.807) is 4.31 Å². The third-order valence-electron chi connectivity index (χ3n) is 5.53. The summed E-state index contributed by atoms with van der Waals surface area (Å²) in [6, 6.07) is 17.6. The monoisotopic (exact) mass is 341 g/mol. The van der Waals surface area contributed by atoms with Gasteiger partial charge in [0.25, 0.3) is 0 Å². The van der Waals surface area contributed by atoms with Crippen molar-refractivity contribution in [3.63, 3.8) is 0 Å². The minimum atomic E-state index is -3.37. The molecule has 0 bridgehead atoms. The van der Waals surface area contributed by atoms with Crippen molar-refractivity contribution in [2.75, 3.05) is 10.8 Å². The van der Waals surface area contributed by atoms with Crippen LogP contribution < -0.4 is 4.31 Å². The molecule has 1 fully saturated rings. The zero-order valence-corrected chi connectivity index (χ0v) is 14.6. The number of rotatable bonds is 3. The smallest absolute Gasteiger partial charge is 0.239 e. The Morgan fingerprint density at radius 2 is 1.54 bits per heavy atom. The van der Waals surface area contributed by atoms with E-state index in [0.29, 0.717) is 6.54 Å². The number of sulfonamides is 1. The zero-order chi connectivity index (χ0) is 16.6. The number of fused-ring (bicyclic) bond motifs is 2. The molecular weight excluding hydrogens is 318 g/mol. The average Bonchev–Trinajstić information content (AvgIpc) is 2.92. The second-order valence-electron chi connectivity index (χ2n) is 7.11. The Balaban J connectivity index is 1.71. The van der Waals surface area contributed by atoms with Gasteiger partial charge in [0, 0.05) is 12.0 Å². The van der Waals surface area contributed by atoms with Gasteiger partial charge in [0.05, 0.1) is 11.4 Å². The minimum absolute atomic E-state index is 0.0264. The molecule has 24 heavy (non-hydrogen) atoms. The van der Waals surface area contributed by atoms with Gasteiger partial charge in [0.2, 0.25) is 10.0 Å². The van der Waals surface area contributed by atoms with Crippen LogP contribution in [-0.2, 0) is 21.2 Å². The van der Waals surface area contributed by atoms with Crippen molar-refractivity contribution in [2.45, 2.75) is 43.3 Å². The first-order valence-corrected chi connectivity index (χ1v) is 10.4. The summed E-state index contributed by atoms with van der Waals surface area (Å²) >= 11 is 0. The highest BCUT2D eigenvalue weighted by Crippen LogP contribution is 2.50. The molecule has 0 atom stereocenters. The lowest BCUT2D eigenvalue weighted by Crippen LogP contribution is -2.38. The van der Waals surface area contributed by atoms with Crippen LogP contribution in [0.1, 0.15) is 43.2 Å². The van der Waals surface area contributed by atoms with Gasteiger partial charge in [-0.05, 0) is 30.0 Å². The van der Waals surface area contributed by atoms with Crippen molar-refractivity contribution >= 4 is 15.7 Å². The van der Waals surface area contributed by atoms with Crippen molar-refractivity contribution < 1.29 is 8.42 Å². The average molecular weight is 341 g/mol. The van der Waals surface area contributed by atoms with E-state index in [1.165, 1.54) is 24.8 Å². The van der Waals surface area contributed by atoms with Crippen molar-refractivity contribution in [1.82, 2.24) is 0 Å². The van der Waals surface area contributed by atoms with Crippen LogP contribution in [0.25, 0.3) is 0 Å². The molecule has 0 saturated heterocycles. The molecule has 2 aromatic rings. The molecule has 0 N–H and O–H groups in total. The van der Waals surface area contributed by atoms with Gasteiger partial charge in [-0.2, -0.15) is 0 Å². The summed E-state index contributed by atoms with van der Waals surface area (Å²) in [6.07, 6.45) is 5.85. The molecule has 0 aromatic heterocycles. The molecule has 0 unspecified atom stereocenters. The van der Waals surface area contributed by atoms with Gasteiger partial charge in [-0.1, -0.05) is 67.8 Å². The third kappa shape index (κ3) is 2.63. The van der Waals surface area contributed by atoms with E-state index < -0.39 is 10.0 Å². The van der Waals surface area contributed by atoms with Crippen molar-refractivity contribution in [2.24, 2.45) is 0 Å². The summed E-state index contributed by atoms with van der Waals surface area (Å²) in [7, 11) is -3.37. The predicted molar refractivity (Wildman–Crippen MR) is 97.6 cm³/mol. The van der Waals surface area contributed by atoms with E-state index in [0.717, 1.165) is 24.1 Å². The van der Waals surface area contributed by atoms with Gasteiger partial charge in [-0.15, -0.1) is 0 Å². The lowest BCUT2D eigenvalue weighted by atomic mass is 9.71. The summed E-state index contributed by atoms with van der Waals surface area (Å²) in [5, 5.41) is 0. The van der Waals surface area contributed by atoms with Gasteiger partial charge in [-0.25, -0.2) is 8.42 Å². The van der Waals surface area contributed by atoms with Crippen molar-refractivity contribution in [3.8, 4) is 0 Å². The van der Waals surface area contributed by atoms with Gasteiger partial charge in [-0.3, -0.25) is 4.31 Å². The highest BCUT2D eigenvalue weighted by molar-refractivity contribution is 7.92. The van der Waals surface area contributed by atoms with Gasteiger partial charge >= 0.3 is 0 Å². The molecule has 4 rings (SSSR count). The second-order valence-corrected chi connectivity index (χ2v) is 9.00. The maximum atomic E-state index is 13.1. The summed E-state index contributed by atoms with van der Waals surface area (Å²) in [6.45, 7) is 0.613. The van der Waals surface area contributed by atoms with E-state index in [1.807, 2.05) is 48.5 Å². The van der Waals surface area contributed by atoms with Crippen LogP contribution in [0.4, 0.5) is 5.69 Å². The topological polar surface area (TPSA) is 37.4 Å². The Hall–Kier alpha value is -1.81. The number of anilines is 1. The molecule has 1 heterocycles. The zero-order valence-electron chi connectivity index (χ0n) is 13.8. The van der Waals surface area contributed by atoms with E-state index in [-0.39, 0.29) is 11.2 Å². The molecule has 4 heteroatoms. The Morgan fingerprint density at radius 1 is 0.875 bits per heavy atom. The SMILES string of the molecule is O=S(=O)(Cc1ccccc1)N1CC2(CCCCC2)c2ccccc21. The lowest BCUT2D eigenvalue weighted by Gasteiger charge is -2.34. The molecule has 1 aliphatic carbocycles. The van der Waals surface area contributed by atoms with Crippen LogP contribution in [0.15, 0.2) is 54.6 Å². The maximum absolute atomic E-state index is 13.1. The normalized spacial score (nSPS) is 19.4. The van der Waals surface area contributed by atoms with Crippen LogP contribution >= 0.6 is 0 Å². The highest BCUT2D eigenvalue weighted by atomic mass is 32.2. The fourth-order valence-corrected chi connectivity index (χ4v) is 6.02. The fraction of sp³-hybridized carbons (Fsp3) is 0.400. The van der Waals surface area contributed by atoms with Crippen molar-refractivity contribution in [3.05, 3.63) is 65.7 Å². The summed E-state index contributed by atoms with van der Waals surface area (Å²) in [5.41, 5.74) is 3.01. The van der Waals surface area contributed by atoms with Crippen LogP contribution in [0, 0.1) is 0 Å². The standard InChI is InChI=1S/C20H23NO2S/c22-24(23,15-17-9-3-1-4-10-17)21-16-20(13-7-2-8-14-20)18-11-5-6-12-19(18)21/h1,3-6,9-12H,2,7-8,13-16H2. The van der Waals surface area contributed by atoms with Crippen LogP contribution in [0.3, 0.4) is 0 Å². The second kappa shape index (κ2) is 5.92. The Morgan fingerprint density at radius 3 is 2.29 bits per heavy atom. The molecule has 2 aromatic carbocycles. The van der Waals surface area contributed by atoms with Crippen LogP contribution in [0.2, 0.25) is 0 Å². The highest BCUT2D eigenvalue weighted by Gasteiger charge is 2.46. The fourth-order valence-electron chi connectivity index (χ4n) is 4.35. The number of nitrogens with zero attached hydrogens (tertiary/aromatic N) is 1. The number of hydrogen-bond acceptors (Lipinski definition) is 2. The summed E-state index contributed by atoms with van der Waals surface area (Å²) < 4.78 is 27.9.